The van der Waals surface area contributed by atoms with Crippen LogP contribution in [0.25, 0.3) is 0 Å². The molecule has 0 atom stereocenters. The third-order valence-corrected chi connectivity index (χ3v) is 2.94. The minimum Gasteiger partial charge on any atom is -0.490 e. The van der Waals surface area contributed by atoms with Crippen molar-refractivity contribution in [3.05, 3.63) is 28.5 Å². The Bertz CT molecular complexity index is 488. The highest BCUT2D eigenvalue weighted by molar-refractivity contribution is 9.10. The fourth-order valence-corrected chi connectivity index (χ4v) is 1.71. The fourth-order valence-electron chi connectivity index (χ4n) is 1.37. The zero-order valence-corrected chi connectivity index (χ0v) is 12.1. The summed E-state index contributed by atoms with van der Waals surface area (Å²) in [6.07, 6.45) is 0.442. The second-order valence-electron chi connectivity index (χ2n) is 3.90. The first-order valence-electron chi connectivity index (χ1n) is 5.73. The van der Waals surface area contributed by atoms with Gasteiger partial charge in [0.2, 0.25) is 5.91 Å². The number of carbonyl (C=O) groups is 1. The quantitative estimate of drug-likeness (QED) is 0.806. The van der Waals surface area contributed by atoms with Crippen molar-refractivity contribution in [1.29, 1.82) is 5.26 Å². The number of hydrogen-bond donors (Lipinski definition) is 0. The van der Waals surface area contributed by atoms with E-state index in [2.05, 4.69) is 15.9 Å². The van der Waals surface area contributed by atoms with Gasteiger partial charge in [-0.3, -0.25) is 4.79 Å². The summed E-state index contributed by atoms with van der Waals surface area (Å²) in [5, 5.41) is 8.42. The molecule has 0 fully saturated rings. The SMILES string of the molecule is CN(CCC#N)C(=O)CCOc1cc(Br)ccc1F. The highest BCUT2D eigenvalue weighted by Gasteiger charge is 2.09. The lowest BCUT2D eigenvalue weighted by molar-refractivity contribution is -0.130. The van der Waals surface area contributed by atoms with Gasteiger partial charge in [0.05, 0.1) is 25.5 Å². The van der Waals surface area contributed by atoms with Crippen LogP contribution < -0.4 is 4.74 Å². The molecule has 0 spiro atoms. The van der Waals surface area contributed by atoms with Crippen molar-refractivity contribution in [2.75, 3.05) is 20.2 Å². The Morgan fingerprint density at radius 2 is 2.32 bits per heavy atom. The molecule has 1 amide bonds. The Morgan fingerprint density at radius 3 is 3.00 bits per heavy atom. The standard InChI is InChI=1S/C13H14BrFN2O2/c1-17(7-2-6-16)13(18)5-8-19-12-9-10(14)3-4-11(12)15/h3-4,9H,2,5,7-8H2,1H3. The van der Waals surface area contributed by atoms with Crippen LogP contribution in [0.2, 0.25) is 0 Å². The maximum absolute atomic E-state index is 13.3. The van der Waals surface area contributed by atoms with Gasteiger partial charge in [-0.15, -0.1) is 0 Å². The van der Waals surface area contributed by atoms with Crippen LogP contribution in [-0.4, -0.2) is 31.0 Å². The number of carbonyl (C=O) groups excluding carboxylic acids is 1. The summed E-state index contributed by atoms with van der Waals surface area (Å²) >= 11 is 3.22. The van der Waals surface area contributed by atoms with Gasteiger partial charge in [-0.25, -0.2) is 4.39 Å². The van der Waals surface area contributed by atoms with Crippen LogP contribution in [-0.2, 0) is 4.79 Å². The summed E-state index contributed by atoms with van der Waals surface area (Å²) < 4.78 is 19.3. The molecule has 0 heterocycles. The average molecular weight is 329 g/mol. The van der Waals surface area contributed by atoms with E-state index < -0.39 is 5.82 Å². The summed E-state index contributed by atoms with van der Waals surface area (Å²) in [5.41, 5.74) is 0. The largest absolute Gasteiger partial charge is 0.490 e. The van der Waals surface area contributed by atoms with E-state index in [1.807, 2.05) is 6.07 Å². The lowest BCUT2D eigenvalue weighted by atomic mass is 10.3. The number of nitrogens with zero attached hydrogens (tertiary/aromatic N) is 2. The minimum atomic E-state index is -0.464. The summed E-state index contributed by atoms with van der Waals surface area (Å²) in [6, 6.07) is 6.35. The van der Waals surface area contributed by atoms with E-state index in [1.54, 1.807) is 13.1 Å². The first-order valence-corrected chi connectivity index (χ1v) is 6.52. The van der Waals surface area contributed by atoms with E-state index in [0.29, 0.717) is 17.4 Å². The molecule has 1 aromatic carbocycles. The monoisotopic (exact) mass is 328 g/mol. The van der Waals surface area contributed by atoms with Gasteiger partial charge in [-0.2, -0.15) is 5.26 Å². The average Bonchev–Trinajstić information content (AvgIpc) is 2.39. The third-order valence-electron chi connectivity index (χ3n) is 2.45. The second kappa shape index (κ2) is 7.74. The lowest BCUT2D eigenvalue weighted by Crippen LogP contribution is -2.28. The highest BCUT2D eigenvalue weighted by Crippen LogP contribution is 2.22. The van der Waals surface area contributed by atoms with Gasteiger partial charge in [0.25, 0.3) is 0 Å². The number of hydrogen-bond acceptors (Lipinski definition) is 3. The molecular weight excluding hydrogens is 315 g/mol. The summed E-state index contributed by atoms with van der Waals surface area (Å²) in [4.78, 5) is 13.1. The number of nitriles is 1. The molecule has 0 aliphatic rings. The molecule has 0 bridgehead atoms. The van der Waals surface area contributed by atoms with Crippen molar-refractivity contribution >= 4 is 21.8 Å². The van der Waals surface area contributed by atoms with Gasteiger partial charge < -0.3 is 9.64 Å². The molecule has 0 aliphatic heterocycles. The third kappa shape index (κ3) is 5.26. The van der Waals surface area contributed by atoms with Crippen LogP contribution in [0.5, 0.6) is 5.75 Å². The molecule has 0 saturated heterocycles. The normalized spacial score (nSPS) is 9.79. The minimum absolute atomic E-state index is 0.100. The van der Waals surface area contributed by atoms with Crippen molar-refractivity contribution in [2.24, 2.45) is 0 Å². The summed E-state index contributed by atoms with van der Waals surface area (Å²) in [6.45, 7) is 0.490. The van der Waals surface area contributed by atoms with Crippen molar-refractivity contribution in [3.63, 3.8) is 0 Å². The molecule has 1 rings (SSSR count). The van der Waals surface area contributed by atoms with Gasteiger partial charge >= 0.3 is 0 Å². The molecule has 0 aliphatic carbocycles. The van der Waals surface area contributed by atoms with Crippen LogP contribution >= 0.6 is 15.9 Å². The zero-order valence-electron chi connectivity index (χ0n) is 10.5. The van der Waals surface area contributed by atoms with Crippen molar-refractivity contribution in [3.8, 4) is 11.8 Å². The van der Waals surface area contributed by atoms with Gasteiger partial charge in [0, 0.05) is 18.1 Å². The molecule has 0 N–H and O–H groups in total. The molecule has 19 heavy (non-hydrogen) atoms. The smallest absolute Gasteiger partial charge is 0.225 e. The molecule has 0 saturated carbocycles. The second-order valence-corrected chi connectivity index (χ2v) is 4.81. The van der Waals surface area contributed by atoms with E-state index in [1.165, 1.54) is 17.0 Å². The number of halogens is 2. The van der Waals surface area contributed by atoms with E-state index >= 15 is 0 Å². The number of amides is 1. The van der Waals surface area contributed by atoms with Crippen molar-refractivity contribution in [2.45, 2.75) is 12.8 Å². The van der Waals surface area contributed by atoms with Gasteiger partial charge in [-0.05, 0) is 18.2 Å². The highest BCUT2D eigenvalue weighted by atomic mass is 79.9. The first kappa shape index (κ1) is 15.4. The summed E-state index contributed by atoms with van der Waals surface area (Å²) in [7, 11) is 1.62. The Balaban J connectivity index is 2.40. The lowest BCUT2D eigenvalue weighted by Gasteiger charge is -2.15. The molecule has 0 aromatic heterocycles. The van der Waals surface area contributed by atoms with Gasteiger partial charge in [0.15, 0.2) is 11.6 Å². The Morgan fingerprint density at radius 1 is 1.58 bits per heavy atom. The van der Waals surface area contributed by atoms with Crippen molar-refractivity contribution < 1.29 is 13.9 Å². The van der Waals surface area contributed by atoms with Crippen LogP contribution in [0.15, 0.2) is 22.7 Å². The molecule has 0 radical (unpaired) electrons. The topological polar surface area (TPSA) is 53.3 Å². The predicted octanol–water partition coefficient (Wildman–Crippen LogP) is 2.73. The molecule has 4 nitrogen and oxygen atoms in total. The van der Waals surface area contributed by atoms with E-state index in [4.69, 9.17) is 10.00 Å². The molecule has 102 valence electrons. The predicted molar refractivity (Wildman–Crippen MR) is 72.1 cm³/mol. The maximum atomic E-state index is 13.3. The van der Waals surface area contributed by atoms with Crippen LogP contribution in [0.4, 0.5) is 4.39 Å². The summed E-state index contributed by atoms with van der Waals surface area (Å²) in [5.74, 6) is -0.485. The van der Waals surface area contributed by atoms with Gasteiger partial charge in [0.1, 0.15) is 0 Å². The van der Waals surface area contributed by atoms with Crippen LogP contribution in [0, 0.1) is 17.1 Å². The Labute approximate surface area is 119 Å². The van der Waals surface area contributed by atoms with Crippen molar-refractivity contribution in [1.82, 2.24) is 4.90 Å². The van der Waals surface area contributed by atoms with Gasteiger partial charge in [-0.1, -0.05) is 15.9 Å². The Hall–Kier alpha value is -1.61. The Kier molecular flexibility index (Phi) is 6.30. The van der Waals surface area contributed by atoms with Crippen LogP contribution in [0.3, 0.4) is 0 Å². The van der Waals surface area contributed by atoms with Crippen LogP contribution in [0.1, 0.15) is 12.8 Å². The van der Waals surface area contributed by atoms with E-state index in [-0.39, 0.29) is 24.7 Å². The van der Waals surface area contributed by atoms with E-state index in [0.717, 1.165) is 0 Å². The van der Waals surface area contributed by atoms with E-state index in [9.17, 15) is 9.18 Å². The zero-order chi connectivity index (χ0) is 14.3. The number of ether oxygens (including phenoxy) is 1. The fraction of sp³-hybridized carbons (Fsp3) is 0.385. The molecule has 1 aromatic rings. The first-order chi connectivity index (χ1) is 9.04. The number of benzene rings is 1. The molecule has 0 unspecified atom stereocenters. The maximum Gasteiger partial charge on any atom is 0.225 e. The molecular formula is C13H14BrFN2O2. The number of rotatable bonds is 6. The molecule has 6 heteroatoms.